The number of hydrazone groups is 1. The van der Waals surface area contributed by atoms with Crippen molar-refractivity contribution >= 4 is 23.2 Å². The molecule has 7 nitrogen and oxygen atoms in total. The first-order valence-corrected chi connectivity index (χ1v) is 8.22. The lowest BCUT2D eigenvalue weighted by molar-refractivity contribution is -0.131. The van der Waals surface area contributed by atoms with Gasteiger partial charge in [0, 0.05) is 19.5 Å². The fourth-order valence-corrected chi connectivity index (χ4v) is 3.01. The van der Waals surface area contributed by atoms with Gasteiger partial charge in [0.1, 0.15) is 11.8 Å². The number of ether oxygens (including phenoxy) is 1. The molecule has 3 rings (SSSR count). The lowest BCUT2D eigenvalue weighted by Crippen LogP contribution is -2.48. The zero-order chi connectivity index (χ0) is 17.1. The second-order valence-corrected chi connectivity index (χ2v) is 6.00. The van der Waals surface area contributed by atoms with Crippen LogP contribution in [0.5, 0.6) is 0 Å². The van der Waals surface area contributed by atoms with E-state index in [4.69, 9.17) is 10.5 Å². The predicted molar refractivity (Wildman–Crippen MR) is 90.6 cm³/mol. The maximum atomic E-state index is 12.8. The van der Waals surface area contributed by atoms with Crippen LogP contribution in [0.3, 0.4) is 0 Å². The van der Waals surface area contributed by atoms with Crippen molar-refractivity contribution in [2.45, 2.75) is 31.9 Å². The Balaban J connectivity index is 1.80. The molecule has 24 heavy (non-hydrogen) atoms. The van der Waals surface area contributed by atoms with E-state index >= 15 is 0 Å². The number of hydrogen-bond donors (Lipinski definition) is 1. The quantitative estimate of drug-likeness (QED) is 0.882. The summed E-state index contributed by atoms with van der Waals surface area (Å²) in [7, 11) is 0. The number of hydrogen-bond acceptors (Lipinski definition) is 5. The van der Waals surface area contributed by atoms with Crippen molar-refractivity contribution in [3.63, 3.8) is 0 Å². The Morgan fingerprint density at radius 2 is 2.08 bits per heavy atom. The Hall–Kier alpha value is -2.41. The number of rotatable bonds is 4. The summed E-state index contributed by atoms with van der Waals surface area (Å²) < 4.78 is 5.60. The largest absolute Gasteiger partial charge is 0.375 e. The molecule has 0 radical (unpaired) electrons. The highest BCUT2D eigenvalue weighted by Crippen LogP contribution is 2.25. The number of carbonyl (C=O) groups is 2. The third kappa shape index (κ3) is 3.26. The van der Waals surface area contributed by atoms with E-state index in [-0.39, 0.29) is 18.4 Å². The molecule has 1 saturated heterocycles. The van der Waals surface area contributed by atoms with Gasteiger partial charge >= 0.3 is 0 Å². The molecule has 2 heterocycles. The first kappa shape index (κ1) is 16.4. The van der Waals surface area contributed by atoms with Crippen molar-refractivity contribution in [1.29, 1.82) is 0 Å². The normalized spacial score (nSPS) is 24.0. The van der Waals surface area contributed by atoms with E-state index in [9.17, 15) is 9.59 Å². The Morgan fingerprint density at radius 3 is 2.75 bits per heavy atom. The lowest BCUT2D eigenvalue weighted by atomic mass is 10.1. The minimum atomic E-state index is -0.630. The molecule has 1 aromatic carbocycles. The standard InChI is InChI=1S/C17H22N4O3/c1-2-13-11-20(8-9-24-13)17(23)14-10-15(16(18)22)21(19-14)12-6-4-3-5-7-12/h3-7,13,15H,2,8-11H2,1H3,(H2,18,22)/t13-,15-/m1/s1. The second-order valence-electron chi connectivity index (χ2n) is 6.00. The maximum Gasteiger partial charge on any atom is 0.270 e. The minimum absolute atomic E-state index is 0.0573. The van der Waals surface area contributed by atoms with Crippen LogP contribution in [0.2, 0.25) is 0 Å². The van der Waals surface area contributed by atoms with Gasteiger partial charge in [0.05, 0.1) is 18.4 Å². The number of para-hydroxylation sites is 1. The smallest absolute Gasteiger partial charge is 0.270 e. The maximum absolute atomic E-state index is 12.8. The van der Waals surface area contributed by atoms with Gasteiger partial charge in [-0.2, -0.15) is 5.10 Å². The van der Waals surface area contributed by atoms with Crippen molar-refractivity contribution in [3.05, 3.63) is 30.3 Å². The average Bonchev–Trinajstić information content (AvgIpc) is 3.07. The van der Waals surface area contributed by atoms with Gasteiger partial charge < -0.3 is 15.4 Å². The van der Waals surface area contributed by atoms with E-state index in [1.807, 2.05) is 37.3 Å². The lowest BCUT2D eigenvalue weighted by Gasteiger charge is -2.32. The molecule has 0 aliphatic carbocycles. The first-order valence-electron chi connectivity index (χ1n) is 8.22. The van der Waals surface area contributed by atoms with Gasteiger partial charge in [-0.1, -0.05) is 25.1 Å². The highest BCUT2D eigenvalue weighted by atomic mass is 16.5. The van der Waals surface area contributed by atoms with E-state index in [1.165, 1.54) is 0 Å². The fourth-order valence-electron chi connectivity index (χ4n) is 3.01. The highest BCUT2D eigenvalue weighted by Gasteiger charge is 2.37. The van der Waals surface area contributed by atoms with Gasteiger partial charge in [0.15, 0.2) is 0 Å². The Morgan fingerprint density at radius 1 is 1.33 bits per heavy atom. The molecular formula is C17H22N4O3. The summed E-state index contributed by atoms with van der Waals surface area (Å²) in [5.74, 6) is -0.625. The molecule has 0 bridgehead atoms. The van der Waals surface area contributed by atoms with E-state index in [2.05, 4.69) is 5.10 Å². The number of morpholine rings is 1. The molecule has 2 N–H and O–H groups in total. The summed E-state index contributed by atoms with van der Waals surface area (Å²) >= 11 is 0. The molecule has 0 aromatic heterocycles. The zero-order valence-electron chi connectivity index (χ0n) is 13.7. The van der Waals surface area contributed by atoms with Gasteiger partial charge in [-0.25, -0.2) is 0 Å². The van der Waals surface area contributed by atoms with E-state index in [0.29, 0.717) is 25.4 Å². The molecule has 2 atom stereocenters. The third-order valence-corrected chi connectivity index (χ3v) is 4.39. The van der Waals surface area contributed by atoms with Crippen LogP contribution in [0.15, 0.2) is 35.4 Å². The van der Waals surface area contributed by atoms with Gasteiger partial charge in [-0.3, -0.25) is 14.6 Å². The Bertz CT molecular complexity index is 646. The minimum Gasteiger partial charge on any atom is -0.375 e. The number of carbonyl (C=O) groups excluding carboxylic acids is 2. The monoisotopic (exact) mass is 330 g/mol. The van der Waals surface area contributed by atoms with E-state index in [1.54, 1.807) is 9.91 Å². The molecule has 1 aromatic rings. The number of nitrogens with zero attached hydrogens (tertiary/aromatic N) is 3. The van der Waals surface area contributed by atoms with Crippen LogP contribution in [0.4, 0.5) is 5.69 Å². The van der Waals surface area contributed by atoms with Crippen LogP contribution in [0.25, 0.3) is 0 Å². The van der Waals surface area contributed by atoms with Gasteiger partial charge in [0.2, 0.25) is 5.91 Å². The fraction of sp³-hybridized carbons (Fsp3) is 0.471. The second kappa shape index (κ2) is 7.00. The molecule has 0 spiro atoms. The molecule has 2 aliphatic heterocycles. The molecule has 2 amide bonds. The van der Waals surface area contributed by atoms with Crippen LogP contribution in [-0.4, -0.2) is 54.3 Å². The Labute approximate surface area is 141 Å². The van der Waals surface area contributed by atoms with Gasteiger partial charge in [-0.15, -0.1) is 0 Å². The predicted octanol–water partition coefficient (Wildman–Crippen LogP) is 0.744. The highest BCUT2D eigenvalue weighted by molar-refractivity contribution is 6.40. The van der Waals surface area contributed by atoms with Gasteiger partial charge in [-0.05, 0) is 18.6 Å². The summed E-state index contributed by atoms with van der Waals surface area (Å²) in [6.07, 6.45) is 1.15. The van der Waals surface area contributed by atoms with Crippen LogP contribution in [-0.2, 0) is 14.3 Å². The van der Waals surface area contributed by atoms with Crippen molar-refractivity contribution < 1.29 is 14.3 Å². The number of amides is 2. The summed E-state index contributed by atoms with van der Waals surface area (Å²) in [4.78, 5) is 26.3. The molecule has 2 aliphatic rings. The first-order chi connectivity index (χ1) is 11.6. The number of primary amides is 1. The average molecular weight is 330 g/mol. The van der Waals surface area contributed by atoms with Crippen molar-refractivity contribution in [1.82, 2.24) is 4.90 Å². The SMILES string of the molecule is CC[C@@H]1CN(C(=O)C2=NN(c3ccccc3)[C@@H](C(N)=O)C2)CCO1. The third-order valence-electron chi connectivity index (χ3n) is 4.39. The Kier molecular flexibility index (Phi) is 4.80. The number of anilines is 1. The summed E-state index contributed by atoms with van der Waals surface area (Å²) in [5, 5.41) is 5.95. The van der Waals surface area contributed by atoms with Crippen LogP contribution >= 0.6 is 0 Å². The molecule has 7 heteroatoms. The van der Waals surface area contributed by atoms with E-state index < -0.39 is 11.9 Å². The topological polar surface area (TPSA) is 88.2 Å². The van der Waals surface area contributed by atoms with Crippen LogP contribution < -0.4 is 10.7 Å². The number of nitrogens with two attached hydrogens (primary N) is 1. The van der Waals surface area contributed by atoms with Crippen molar-refractivity contribution in [2.75, 3.05) is 24.7 Å². The molecule has 1 fully saturated rings. The molecule has 128 valence electrons. The molecular weight excluding hydrogens is 308 g/mol. The summed E-state index contributed by atoms with van der Waals surface area (Å²) in [5.41, 5.74) is 6.63. The molecule has 0 saturated carbocycles. The van der Waals surface area contributed by atoms with E-state index in [0.717, 1.165) is 12.1 Å². The number of benzene rings is 1. The zero-order valence-corrected chi connectivity index (χ0v) is 13.7. The van der Waals surface area contributed by atoms with Gasteiger partial charge in [0.25, 0.3) is 5.91 Å². The van der Waals surface area contributed by atoms with Crippen LogP contribution in [0, 0.1) is 0 Å². The van der Waals surface area contributed by atoms with Crippen LogP contribution in [0.1, 0.15) is 19.8 Å². The molecule has 0 unspecified atom stereocenters. The van der Waals surface area contributed by atoms with Crippen molar-refractivity contribution in [2.24, 2.45) is 10.8 Å². The van der Waals surface area contributed by atoms with Crippen molar-refractivity contribution in [3.8, 4) is 0 Å². The summed E-state index contributed by atoms with van der Waals surface area (Å²) in [6, 6.07) is 8.65. The summed E-state index contributed by atoms with van der Waals surface area (Å²) in [6.45, 7) is 3.66.